The van der Waals surface area contributed by atoms with Crippen LogP contribution in [0.15, 0.2) is 41.2 Å². The fourth-order valence-electron chi connectivity index (χ4n) is 2.88. The summed E-state index contributed by atoms with van der Waals surface area (Å²) in [5.74, 6) is 0.149. The van der Waals surface area contributed by atoms with Crippen molar-refractivity contribution in [2.45, 2.75) is 50.7 Å². The Morgan fingerprint density at radius 3 is 2.43 bits per heavy atom. The van der Waals surface area contributed by atoms with Crippen molar-refractivity contribution in [1.29, 1.82) is 0 Å². The van der Waals surface area contributed by atoms with Crippen molar-refractivity contribution in [3.8, 4) is 0 Å². The summed E-state index contributed by atoms with van der Waals surface area (Å²) in [6.45, 7) is 6.25. The Morgan fingerprint density at radius 2 is 1.87 bits per heavy atom. The van der Waals surface area contributed by atoms with E-state index in [9.17, 15) is 17.6 Å². The Hall–Kier alpha value is -2.13. The Balaban J connectivity index is 1.85. The predicted molar refractivity (Wildman–Crippen MR) is 110 cm³/mol. The van der Waals surface area contributed by atoms with Gasteiger partial charge in [0.15, 0.2) is 9.84 Å². The van der Waals surface area contributed by atoms with E-state index in [2.05, 4.69) is 5.32 Å². The van der Waals surface area contributed by atoms with Gasteiger partial charge in [-0.05, 0) is 57.2 Å². The van der Waals surface area contributed by atoms with Crippen LogP contribution in [-0.4, -0.2) is 45.6 Å². The van der Waals surface area contributed by atoms with E-state index in [4.69, 9.17) is 14.2 Å². The van der Waals surface area contributed by atoms with Gasteiger partial charge in [-0.2, -0.15) is 0 Å². The fourth-order valence-corrected chi connectivity index (χ4v) is 4.58. The lowest BCUT2D eigenvalue weighted by atomic mass is 10.0. The van der Waals surface area contributed by atoms with Crippen LogP contribution >= 0.6 is 0 Å². The summed E-state index contributed by atoms with van der Waals surface area (Å²) >= 11 is 0. The van der Waals surface area contributed by atoms with Gasteiger partial charge >= 0.3 is 6.09 Å². The molecule has 0 radical (unpaired) electrons. The average Bonchev–Trinajstić information content (AvgIpc) is 2.67. The predicted octanol–water partition coefficient (Wildman–Crippen LogP) is 3.74. The average molecular weight is 444 g/mol. The number of rotatable bonds is 8. The van der Waals surface area contributed by atoms with Gasteiger partial charge in [0, 0.05) is 13.2 Å². The number of carbonyl (C=O) groups excluding carboxylic acids is 1. The molecular weight excluding hydrogens is 413 g/mol. The van der Waals surface area contributed by atoms with E-state index in [0.717, 1.165) is 12.8 Å². The third-order valence-electron chi connectivity index (χ3n) is 4.43. The molecule has 1 aliphatic rings. The van der Waals surface area contributed by atoms with E-state index >= 15 is 0 Å². The Bertz CT molecular complexity index is 824. The number of amides is 1. The van der Waals surface area contributed by atoms with Crippen LogP contribution in [0.5, 0.6) is 0 Å². The first-order chi connectivity index (χ1) is 14.1. The van der Waals surface area contributed by atoms with E-state index in [-0.39, 0.29) is 41.8 Å². The number of ether oxygens (including phenoxy) is 3. The molecule has 0 saturated carbocycles. The number of hydrogen-bond acceptors (Lipinski definition) is 6. The van der Waals surface area contributed by atoms with Gasteiger partial charge in [0.25, 0.3) is 0 Å². The Labute approximate surface area is 177 Å². The second-order valence-corrected chi connectivity index (χ2v) is 10.2. The second-order valence-electron chi connectivity index (χ2n) is 8.20. The van der Waals surface area contributed by atoms with Crippen LogP contribution < -0.4 is 5.32 Å². The third kappa shape index (κ3) is 8.31. The van der Waals surface area contributed by atoms with Crippen LogP contribution in [0.3, 0.4) is 0 Å². The van der Waals surface area contributed by atoms with E-state index in [0.29, 0.717) is 18.8 Å². The summed E-state index contributed by atoms with van der Waals surface area (Å²) in [7, 11) is -3.37. The highest BCUT2D eigenvalue weighted by Gasteiger charge is 2.23. The van der Waals surface area contributed by atoms with Gasteiger partial charge in [-0.3, -0.25) is 0 Å². The summed E-state index contributed by atoms with van der Waals surface area (Å²) in [6.07, 6.45) is 1.09. The lowest BCUT2D eigenvalue weighted by molar-refractivity contribution is 0.0519. The minimum absolute atomic E-state index is 0.0338. The molecule has 1 aromatic carbocycles. The highest BCUT2D eigenvalue weighted by molar-refractivity contribution is 7.91. The molecule has 1 aliphatic heterocycles. The molecule has 0 unspecified atom stereocenters. The minimum atomic E-state index is -3.37. The van der Waals surface area contributed by atoms with Crippen LogP contribution in [0, 0.1) is 5.92 Å². The largest absolute Gasteiger partial charge is 0.489 e. The van der Waals surface area contributed by atoms with Crippen molar-refractivity contribution in [3.05, 3.63) is 41.9 Å². The quantitative estimate of drug-likeness (QED) is 0.616. The first-order valence-electron chi connectivity index (χ1n) is 9.87. The number of sulfone groups is 1. The van der Waals surface area contributed by atoms with Crippen molar-refractivity contribution in [3.63, 3.8) is 0 Å². The zero-order valence-electron chi connectivity index (χ0n) is 17.6. The number of halogens is 1. The van der Waals surface area contributed by atoms with Crippen molar-refractivity contribution in [2.75, 3.05) is 25.5 Å². The lowest BCUT2D eigenvalue weighted by Crippen LogP contribution is -2.33. The topological polar surface area (TPSA) is 90.9 Å². The van der Waals surface area contributed by atoms with Crippen LogP contribution in [-0.2, 0) is 30.7 Å². The summed E-state index contributed by atoms with van der Waals surface area (Å²) in [6, 6.07) is 6.33. The maximum atomic E-state index is 13.0. The molecule has 0 atom stereocenters. The molecule has 1 fully saturated rings. The highest BCUT2D eigenvalue weighted by Crippen LogP contribution is 2.22. The normalized spacial score (nSPS) is 16.2. The van der Waals surface area contributed by atoms with Crippen LogP contribution in [0.4, 0.5) is 9.18 Å². The SMILES string of the molecule is CC(C)(C)OC(=O)NC/C(=C\F)OCc1ccc(S(=O)(=O)CC2CCOCC2)cc1. The Morgan fingerprint density at radius 1 is 1.23 bits per heavy atom. The first kappa shape index (κ1) is 24.1. The molecule has 0 spiro atoms. The van der Waals surface area contributed by atoms with Gasteiger partial charge in [0.2, 0.25) is 0 Å². The molecule has 9 heteroatoms. The number of benzene rings is 1. The van der Waals surface area contributed by atoms with E-state index in [1.165, 1.54) is 12.1 Å². The first-order valence-corrected chi connectivity index (χ1v) is 11.5. The molecule has 1 saturated heterocycles. The van der Waals surface area contributed by atoms with E-state index < -0.39 is 21.5 Å². The van der Waals surface area contributed by atoms with Gasteiger partial charge in [-0.1, -0.05) is 12.1 Å². The number of alkyl carbamates (subject to hydrolysis) is 1. The zero-order valence-corrected chi connectivity index (χ0v) is 18.5. The zero-order chi connectivity index (χ0) is 22.2. The molecule has 168 valence electrons. The molecule has 1 heterocycles. The summed E-state index contributed by atoms with van der Waals surface area (Å²) in [4.78, 5) is 11.9. The molecule has 1 aromatic rings. The van der Waals surface area contributed by atoms with Crippen LogP contribution in [0.1, 0.15) is 39.2 Å². The highest BCUT2D eigenvalue weighted by atomic mass is 32.2. The standard InChI is InChI=1S/C21H30FNO6S/c1-21(2,3)29-20(24)23-13-18(12-22)28-14-16-4-6-19(7-5-16)30(25,26)15-17-8-10-27-11-9-17/h4-7,12,17H,8-11,13-15H2,1-3H3,(H,23,24)/b18-12+. The minimum Gasteiger partial charge on any atom is -0.489 e. The van der Waals surface area contributed by atoms with Crippen LogP contribution in [0.2, 0.25) is 0 Å². The summed E-state index contributed by atoms with van der Waals surface area (Å²) < 4.78 is 53.9. The van der Waals surface area contributed by atoms with Crippen molar-refractivity contribution < 1.29 is 31.8 Å². The molecule has 7 nitrogen and oxygen atoms in total. The van der Waals surface area contributed by atoms with Gasteiger partial charge < -0.3 is 19.5 Å². The molecule has 1 N–H and O–H groups in total. The second kappa shape index (κ2) is 10.8. The van der Waals surface area contributed by atoms with E-state index in [1.54, 1.807) is 32.9 Å². The maximum Gasteiger partial charge on any atom is 0.408 e. The van der Waals surface area contributed by atoms with Crippen molar-refractivity contribution in [1.82, 2.24) is 5.32 Å². The third-order valence-corrected chi connectivity index (χ3v) is 6.33. The molecule has 1 amide bonds. The molecule has 0 aliphatic carbocycles. The van der Waals surface area contributed by atoms with Gasteiger partial charge in [-0.15, -0.1) is 0 Å². The summed E-state index contributed by atoms with van der Waals surface area (Å²) in [5.41, 5.74) is 0.0221. The number of carbonyl (C=O) groups is 1. The molecule has 30 heavy (non-hydrogen) atoms. The smallest absolute Gasteiger partial charge is 0.408 e. The van der Waals surface area contributed by atoms with Gasteiger partial charge in [0.1, 0.15) is 24.3 Å². The monoisotopic (exact) mass is 443 g/mol. The molecule has 2 rings (SSSR count). The molecule has 0 bridgehead atoms. The van der Waals surface area contributed by atoms with Gasteiger partial charge in [0.05, 0.1) is 17.2 Å². The molecule has 0 aromatic heterocycles. The molecular formula is C21H30FNO6S. The number of hydrogen-bond donors (Lipinski definition) is 1. The van der Waals surface area contributed by atoms with Crippen molar-refractivity contribution in [2.24, 2.45) is 5.92 Å². The number of nitrogens with one attached hydrogen (secondary N) is 1. The maximum absolute atomic E-state index is 13.0. The van der Waals surface area contributed by atoms with E-state index in [1.807, 2.05) is 0 Å². The summed E-state index contributed by atoms with van der Waals surface area (Å²) in [5, 5.41) is 2.41. The fraction of sp³-hybridized carbons (Fsp3) is 0.571. The lowest BCUT2D eigenvalue weighted by Gasteiger charge is -2.21. The Kier molecular flexibility index (Phi) is 8.66. The van der Waals surface area contributed by atoms with Gasteiger partial charge in [-0.25, -0.2) is 17.6 Å². The van der Waals surface area contributed by atoms with Crippen LogP contribution in [0.25, 0.3) is 0 Å². The van der Waals surface area contributed by atoms with Crippen molar-refractivity contribution >= 4 is 15.9 Å².